The molecule has 2 aliphatic heterocycles. The lowest BCUT2D eigenvalue weighted by atomic mass is 9.83. The van der Waals surface area contributed by atoms with Crippen molar-refractivity contribution < 1.29 is 4.79 Å². The van der Waals surface area contributed by atoms with E-state index in [1.54, 1.807) is 6.07 Å². The maximum Gasteiger partial charge on any atom is 0.250 e. The number of amides is 1. The zero-order valence-electron chi connectivity index (χ0n) is 10.9. The van der Waals surface area contributed by atoms with Crippen LogP contribution in [0.1, 0.15) is 24.5 Å². The van der Waals surface area contributed by atoms with Gasteiger partial charge >= 0.3 is 0 Å². The minimum absolute atomic E-state index is 0.109. The third-order valence-electron chi connectivity index (χ3n) is 4.23. The fraction of sp³-hybridized carbons (Fsp3) is 0.571. The number of pyridine rings is 1. The third kappa shape index (κ3) is 2.42. The normalized spacial score (nSPS) is 25.9. The van der Waals surface area contributed by atoms with Crippen LogP contribution in [0.15, 0.2) is 23.0 Å². The van der Waals surface area contributed by atoms with Crippen molar-refractivity contribution in [3.05, 3.63) is 34.2 Å². The molecule has 3 rings (SSSR count). The summed E-state index contributed by atoms with van der Waals surface area (Å²) in [6, 6.07) is 5.53. The highest BCUT2D eigenvalue weighted by atomic mass is 16.1. The first kappa shape index (κ1) is 12.4. The first-order valence-electron chi connectivity index (χ1n) is 6.84. The van der Waals surface area contributed by atoms with E-state index in [2.05, 4.69) is 11.0 Å². The predicted molar refractivity (Wildman–Crippen MR) is 71.8 cm³/mol. The number of nitrogens with zero attached hydrogens (tertiary/aromatic N) is 2. The van der Waals surface area contributed by atoms with E-state index in [0.717, 1.165) is 38.3 Å². The number of hydrogen-bond acceptors (Lipinski definition) is 3. The SMILES string of the molecule is NC(=O)CCN1C[C@H]2C[C@H](C1)c1cccc(=O)n1C2. The van der Waals surface area contributed by atoms with Crippen LogP contribution in [0.3, 0.4) is 0 Å². The summed E-state index contributed by atoms with van der Waals surface area (Å²) < 4.78 is 1.92. The molecule has 3 heterocycles. The Morgan fingerprint density at radius 3 is 2.95 bits per heavy atom. The maximum absolute atomic E-state index is 11.9. The maximum atomic E-state index is 11.9. The van der Waals surface area contributed by atoms with Gasteiger partial charge in [-0.1, -0.05) is 6.07 Å². The molecule has 2 bridgehead atoms. The quantitative estimate of drug-likeness (QED) is 0.841. The number of piperidine rings is 1. The number of rotatable bonds is 3. The van der Waals surface area contributed by atoms with Crippen molar-refractivity contribution in [2.45, 2.75) is 25.3 Å². The second kappa shape index (κ2) is 4.81. The van der Waals surface area contributed by atoms with Crippen LogP contribution in [-0.4, -0.2) is 35.0 Å². The summed E-state index contributed by atoms with van der Waals surface area (Å²) in [6.45, 7) is 3.43. The molecule has 102 valence electrons. The van der Waals surface area contributed by atoms with Gasteiger partial charge in [-0.3, -0.25) is 9.59 Å². The summed E-state index contributed by atoms with van der Waals surface area (Å²) in [5.74, 6) is 0.681. The molecule has 0 unspecified atom stereocenters. The van der Waals surface area contributed by atoms with Gasteiger partial charge in [0.2, 0.25) is 5.91 Å². The highest BCUT2D eigenvalue weighted by Gasteiger charge is 2.34. The van der Waals surface area contributed by atoms with Crippen LogP contribution in [0.4, 0.5) is 0 Å². The average Bonchev–Trinajstić information content (AvgIpc) is 2.38. The van der Waals surface area contributed by atoms with Gasteiger partial charge in [0.15, 0.2) is 0 Å². The van der Waals surface area contributed by atoms with E-state index in [1.165, 1.54) is 0 Å². The minimum Gasteiger partial charge on any atom is -0.370 e. The Morgan fingerprint density at radius 1 is 1.32 bits per heavy atom. The van der Waals surface area contributed by atoms with Gasteiger partial charge in [0.25, 0.3) is 5.56 Å². The molecule has 2 aliphatic rings. The van der Waals surface area contributed by atoms with Crippen molar-refractivity contribution in [1.29, 1.82) is 0 Å². The smallest absolute Gasteiger partial charge is 0.250 e. The van der Waals surface area contributed by atoms with Crippen molar-refractivity contribution in [1.82, 2.24) is 9.47 Å². The topological polar surface area (TPSA) is 68.3 Å². The number of hydrogen-bond donors (Lipinski definition) is 1. The number of aromatic nitrogens is 1. The molecule has 1 amide bonds. The van der Waals surface area contributed by atoms with Crippen LogP contribution in [0.25, 0.3) is 0 Å². The second-order valence-electron chi connectivity index (χ2n) is 5.67. The van der Waals surface area contributed by atoms with E-state index in [9.17, 15) is 9.59 Å². The molecule has 1 fully saturated rings. The molecule has 19 heavy (non-hydrogen) atoms. The van der Waals surface area contributed by atoms with Crippen molar-refractivity contribution in [3.63, 3.8) is 0 Å². The number of carbonyl (C=O) groups excluding carboxylic acids is 1. The lowest BCUT2D eigenvalue weighted by Crippen LogP contribution is -2.47. The van der Waals surface area contributed by atoms with E-state index < -0.39 is 0 Å². The van der Waals surface area contributed by atoms with Crippen LogP contribution in [-0.2, 0) is 11.3 Å². The van der Waals surface area contributed by atoms with Gasteiger partial charge in [-0.2, -0.15) is 0 Å². The molecular formula is C14H19N3O2. The zero-order valence-corrected chi connectivity index (χ0v) is 10.9. The number of likely N-dealkylation sites (tertiary alicyclic amines) is 1. The third-order valence-corrected chi connectivity index (χ3v) is 4.23. The number of carbonyl (C=O) groups is 1. The molecule has 5 nitrogen and oxygen atoms in total. The fourth-order valence-corrected chi connectivity index (χ4v) is 3.45. The average molecular weight is 261 g/mol. The van der Waals surface area contributed by atoms with E-state index >= 15 is 0 Å². The molecule has 2 atom stereocenters. The highest BCUT2D eigenvalue weighted by molar-refractivity contribution is 5.73. The van der Waals surface area contributed by atoms with Gasteiger partial charge in [0, 0.05) is 50.3 Å². The van der Waals surface area contributed by atoms with E-state index in [4.69, 9.17) is 5.73 Å². The molecular weight excluding hydrogens is 242 g/mol. The summed E-state index contributed by atoms with van der Waals surface area (Å²) in [6.07, 6.45) is 1.57. The summed E-state index contributed by atoms with van der Waals surface area (Å²) in [5, 5.41) is 0. The lowest BCUT2D eigenvalue weighted by molar-refractivity contribution is -0.118. The summed E-state index contributed by atoms with van der Waals surface area (Å²) in [4.78, 5) is 25.1. The van der Waals surface area contributed by atoms with Crippen molar-refractivity contribution in [3.8, 4) is 0 Å². The Morgan fingerprint density at radius 2 is 2.16 bits per heavy atom. The second-order valence-corrected chi connectivity index (χ2v) is 5.67. The highest BCUT2D eigenvalue weighted by Crippen LogP contribution is 2.34. The van der Waals surface area contributed by atoms with E-state index in [0.29, 0.717) is 18.3 Å². The van der Waals surface area contributed by atoms with E-state index in [1.807, 2.05) is 10.6 Å². The summed E-state index contributed by atoms with van der Waals surface area (Å²) in [5.41, 5.74) is 6.47. The van der Waals surface area contributed by atoms with Gasteiger partial charge in [-0.05, 0) is 18.4 Å². The molecule has 2 N–H and O–H groups in total. The van der Waals surface area contributed by atoms with Crippen molar-refractivity contribution in [2.75, 3.05) is 19.6 Å². The summed E-state index contributed by atoms with van der Waals surface area (Å²) >= 11 is 0. The Hall–Kier alpha value is -1.62. The van der Waals surface area contributed by atoms with Crippen molar-refractivity contribution in [2.24, 2.45) is 11.7 Å². The number of nitrogens with two attached hydrogens (primary N) is 1. The molecule has 0 spiro atoms. The Labute approximate surface area is 112 Å². The van der Waals surface area contributed by atoms with Crippen LogP contribution >= 0.6 is 0 Å². The number of fused-ring (bicyclic) bond motifs is 4. The Bertz CT molecular complexity index is 552. The molecule has 0 aromatic carbocycles. The Balaban J connectivity index is 1.80. The summed E-state index contributed by atoms with van der Waals surface area (Å²) in [7, 11) is 0. The largest absolute Gasteiger partial charge is 0.370 e. The van der Waals surface area contributed by atoms with Gasteiger partial charge in [0.1, 0.15) is 0 Å². The minimum atomic E-state index is -0.243. The van der Waals surface area contributed by atoms with Crippen LogP contribution in [0.2, 0.25) is 0 Å². The van der Waals surface area contributed by atoms with Gasteiger partial charge < -0.3 is 15.2 Å². The van der Waals surface area contributed by atoms with E-state index in [-0.39, 0.29) is 11.5 Å². The van der Waals surface area contributed by atoms with Crippen molar-refractivity contribution >= 4 is 5.91 Å². The van der Waals surface area contributed by atoms with Crippen LogP contribution < -0.4 is 11.3 Å². The Kier molecular flexibility index (Phi) is 3.14. The first-order valence-corrected chi connectivity index (χ1v) is 6.84. The molecule has 5 heteroatoms. The predicted octanol–water partition coefficient (Wildman–Crippen LogP) is 0.143. The monoisotopic (exact) mass is 261 g/mol. The first-order chi connectivity index (χ1) is 9.13. The molecule has 0 radical (unpaired) electrons. The fourth-order valence-electron chi connectivity index (χ4n) is 3.45. The molecule has 0 aliphatic carbocycles. The molecule has 0 saturated carbocycles. The lowest BCUT2D eigenvalue weighted by Gasteiger charge is -2.42. The standard InChI is InChI=1S/C14H19N3O2/c15-13(18)4-5-16-7-10-6-11(9-16)12-2-1-3-14(19)17(12)8-10/h1-3,10-11H,4-9H2,(H2,15,18)/t10-,11-/m1/s1. The van der Waals surface area contributed by atoms with Gasteiger partial charge in [-0.25, -0.2) is 0 Å². The van der Waals surface area contributed by atoms with Crippen LogP contribution in [0, 0.1) is 5.92 Å². The number of primary amides is 1. The zero-order chi connectivity index (χ0) is 13.4. The molecule has 1 aromatic rings. The van der Waals surface area contributed by atoms with Gasteiger partial charge in [0.05, 0.1) is 0 Å². The van der Waals surface area contributed by atoms with Gasteiger partial charge in [-0.15, -0.1) is 0 Å². The molecule has 1 saturated heterocycles. The van der Waals surface area contributed by atoms with Crippen LogP contribution in [0.5, 0.6) is 0 Å². The molecule has 1 aromatic heterocycles.